The molecule has 3 rings (SSSR count). The summed E-state index contributed by atoms with van der Waals surface area (Å²) in [5.74, 6) is -0.606. The van der Waals surface area contributed by atoms with Crippen LogP contribution in [0.4, 0.5) is 10.1 Å². The minimum absolute atomic E-state index is 0.00984. The van der Waals surface area contributed by atoms with Gasteiger partial charge in [-0.1, -0.05) is 12.1 Å². The molecule has 1 atom stereocenters. The van der Waals surface area contributed by atoms with Crippen molar-refractivity contribution in [3.8, 4) is 0 Å². The first kappa shape index (κ1) is 17.1. The van der Waals surface area contributed by atoms with E-state index in [4.69, 9.17) is 0 Å². The summed E-state index contributed by atoms with van der Waals surface area (Å²) >= 11 is 0. The monoisotopic (exact) mass is 341 g/mol. The largest absolute Gasteiger partial charge is 0.351 e. The number of halogens is 1. The van der Waals surface area contributed by atoms with Gasteiger partial charge < -0.3 is 16.0 Å². The Morgan fingerprint density at radius 3 is 2.44 bits per heavy atom. The summed E-state index contributed by atoms with van der Waals surface area (Å²) in [4.78, 5) is 24.1. The van der Waals surface area contributed by atoms with Gasteiger partial charge in [0.1, 0.15) is 5.82 Å². The van der Waals surface area contributed by atoms with Crippen LogP contribution in [0.5, 0.6) is 0 Å². The molecule has 2 aromatic carbocycles. The first-order valence-corrected chi connectivity index (χ1v) is 8.29. The zero-order chi connectivity index (χ0) is 17.6. The van der Waals surface area contributed by atoms with E-state index in [9.17, 15) is 14.0 Å². The van der Waals surface area contributed by atoms with E-state index in [2.05, 4.69) is 16.0 Å². The molecule has 2 amide bonds. The standard InChI is InChI=1S/C19H20FN3O2/c20-15-7-9-16(10-8-15)23-18(24)14-5-3-13(4-6-14)12-22-19(25)17-2-1-11-21-17/h3-10,17,21H,1-2,11-12H2,(H,22,25)(H,23,24). The van der Waals surface area contributed by atoms with E-state index in [1.54, 1.807) is 12.1 Å². The quantitative estimate of drug-likeness (QED) is 0.782. The summed E-state index contributed by atoms with van der Waals surface area (Å²) < 4.78 is 12.9. The number of hydrogen-bond donors (Lipinski definition) is 3. The van der Waals surface area contributed by atoms with Crippen LogP contribution in [0, 0.1) is 5.82 Å². The Balaban J connectivity index is 1.53. The number of nitrogens with one attached hydrogen (secondary N) is 3. The van der Waals surface area contributed by atoms with Crippen LogP contribution in [0.3, 0.4) is 0 Å². The Morgan fingerprint density at radius 1 is 1.08 bits per heavy atom. The predicted octanol–water partition coefficient (Wildman–Crippen LogP) is 2.45. The molecule has 0 bridgehead atoms. The molecule has 5 nitrogen and oxygen atoms in total. The van der Waals surface area contributed by atoms with Gasteiger partial charge in [-0.2, -0.15) is 0 Å². The maximum Gasteiger partial charge on any atom is 0.255 e. The maximum atomic E-state index is 12.9. The van der Waals surface area contributed by atoms with Crippen molar-refractivity contribution in [1.29, 1.82) is 0 Å². The highest BCUT2D eigenvalue weighted by molar-refractivity contribution is 6.04. The third-order valence-electron chi connectivity index (χ3n) is 4.16. The van der Waals surface area contributed by atoms with Crippen LogP contribution in [-0.2, 0) is 11.3 Å². The minimum Gasteiger partial charge on any atom is -0.351 e. The highest BCUT2D eigenvalue weighted by Gasteiger charge is 2.21. The van der Waals surface area contributed by atoms with Crippen LogP contribution in [0.15, 0.2) is 48.5 Å². The van der Waals surface area contributed by atoms with Crippen LogP contribution >= 0.6 is 0 Å². The van der Waals surface area contributed by atoms with Gasteiger partial charge in [0.25, 0.3) is 5.91 Å². The smallest absolute Gasteiger partial charge is 0.255 e. The summed E-state index contributed by atoms with van der Waals surface area (Å²) in [5.41, 5.74) is 1.95. The lowest BCUT2D eigenvalue weighted by Gasteiger charge is -2.11. The van der Waals surface area contributed by atoms with Gasteiger partial charge in [-0.15, -0.1) is 0 Å². The first-order chi connectivity index (χ1) is 12.1. The van der Waals surface area contributed by atoms with Crippen LogP contribution in [0.2, 0.25) is 0 Å². The molecule has 0 saturated carbocycles. The third kappa shape index (κ3) is 4.64. The predicted molar refractivity (Wildman–Crippen MR) is 93.7 cm³/mol. The highest BCUT2D eigenvalue weighted by Crippen LogP contribution is 2.12. The van der Waals surface area contributed by atoms with Crippen LogP contribution < -0.4 is 16.0 Å². The Morgan fingerprint density at radius 2 is 1.80 bits per heavy atom. The van der Waals surface area contributed by atoms with Crippen molar-refractivity contribution >= 4 is 17.5 Å². The average Bonchev–Trinajstić information content (AvgIpc) is 3.17. The lowest BCUT2D eigenvalue weighted by atomic mass is 10.1. The molecule has 1 aliphatic rings. The van der Waals surface area contributed by atoms with E-state index in [1.165, 1.54) is 24.3 Å². The summed E-state index contributed by atoms with van der Waals surface area (Å²) in [6, 6.07) is 12.5. The highest BCUT2D eigenvalue weighted by atomic mass is 19.1. The van der Waals surface area contributed by atoms with Gasteiger partial charge in [-0.3, -0.25) is 9.59 Å². The van der Waals surface area contributed by atoms with Gasteiger partial charge >= 0.3 is 0 Å². The van der Waals surface area contributed by atoms with E-state index in [0.717, 1.165) is 24.9 Å². The zero-order valence-electron chi connectivity index (χ0n) is 13.7. The molecule has 1 aliphatic heterocycles. The molecule has 1 unspecified atom stereocenters. The number of carbonyl (C=O) groups is 2. The van der Waals surface area contributed by atoms with E-state index in [1.807, 2.05) is 12.1 Å². The molecular formula is C19H20FN3O2. The topological polar surface area (TPSA) is 70.2 Å². The van der Waals surface area contributed by atoms with Crippen molar-refractivity contribution in [3.63, 3.8) is 0 Å². The molecule has 0 aliphatic carbocycles. The number of rotatable bonds is 5. The number of carbonyl (C=O) groups excluding carboxylic acids is 2. The minimum atomic E-state index is -0.350. The molecule has 130 valence electrons. The average molecular weight is 341 g/mol. The summed E-state index contributed by atoms with van der Waals surface area (Å²) in [6.07, 6.45) is 1.89. The Bertz CT molecular complexity index is 738. The van der Waals surface area contributed by atoms with Crippen molar-refractivity contribution in [2.24, 2.45) is 0 Å². The van der Waals surface area contributed by atoms with Crippen molar-refractivity contribution < 1.29 is 14.0 Å². The maximum absolute atomic E-state index is 12.9. The second kappa shape index (κ2) is 7.90. The molecule has 1 saturated heterocycles. The molecule has 0 spiro atoms. The molecular weight excluding hydrogens is 321 g/mol. The van der Waals surface area contributed by atoms with Crippen molar-refractivity contribution in [1.82, 2.24) is 10.6 Å². The molecule has 3 N–H and O–H groups in total. The summed E-state index contributed by atoms with van der Waals surface area (Å²) in [5, 5.41) is 8.76. The molecule has 1 heterocycles. The van der Waals surface area contributed by atoms with Gasteiger partial charge in [0, 0.05) is 17.8 Å². The fourth-order valence-corrected chi connectivity index (χ4v) is 2.73. The van der Waals surface area contributed by atoms with Gasteiger partial charge in [-0.05, 0) is 61.3 Å². The van der Waals surface area contributed by atoms with E-state index >= 15 is 0 Å². The van der Waals surface area contributed by atoms with Gasteiger partial charge in [-0.25, -0.2) is 4.39 Å². The Hall–Kier alpha value is -2.73. The SMILES string of the molecule is O=C(Nc1ccc(F)cc1)c1ccc(CNC(=O)C2CCCN2)cc1. The van der Waals surface area contributed by atoms with Gasteiger partial charge in [0.15, 0.2) is 0 Å². The van der Waals surface area contributed by atoms with Crippen molar-refractivity contribution in [3.05, 3.63) is 65.5 Å². The number of amides is 2. The van der Waals surface area contributed by atoms with Crippen molar-refractivity contribution in [2.45, 2.75) is 25.4 Å². The number of anilines is 1. The Labute approximate surface area is 145 Å². The first-order valence-electron chi connectivity index (χ1n) is 8.29. The summed E-state index contributed by atoms with van der Waals surface area (Å²) in [6.45, 7) is 1.31. The van der Waals surface area contributed by atoms with Crippen molar-refractivity contribution in [2.75, 3.05) is 11.9 Å². The second-order valence-corrected chi connectivity index (χ2v) is 6.02. The van der Waals surface area contributed by atoms with Crippen LogP contribution in [0.25, 0.3) is 0 Å². The van der Waals surface area contributed by atoms with Crippen LogP contribution in [-0.4, -0.2) is 24.4 Å². The zero-order valence-corrected chi connectivity index (χ0v) is 13.7. The van der Waals surface area contributed by atoms with Gasteiger partial charge in [0.2, 0.25) is 5.91 Å². The molecule has 0 aromatic heterocycles. The lowest BCUT2D eigenvalue weighted by Crippen LogP contribution is -2.39. The van der Waals surface area contributed by atoms with E-state index in [0.29, 0.717) is 17.8 Å². The molecule has 2 aromatic rings. The molecule has 25 heavy (non-hydrogen) atoms. The molecule has 1 fully saturated rings. The number of benzene rings is 2. The third-order valence-corrected chi connectivity index (χ3v) is 4.16. The lowest BCUT2D eigenvalue weighted by molar-refractivity contribution is -0.122. The van der Waals surface area contributed by atoms with E-state index < -0.39 is 0 Å². The van der Waals surface area contributed by atoms with Gasteiger partial charge in [0.05, 0.1) is 6.04 Å². The number of hydrogen-bond acceptors (Lipinski definition) is 3. The van der Waals surface area contributed by atoms with Crippen LogP contribution in [0.1, 0.15) is 28.8 Å². The second-order valence-electron chi connectivity index (χ2n) is 6.02. The summed E-state index contributed by atoms with van der Waals surface area (Å²) in [7, 11) is 0. The molecule has 6 heteroatoms. The fraction of sp³-hybridized carbons (Fsp3) is 0.263. The molecule has 0 radical (unpaired) electrons. The fourth-order valence-electron chi connectivity index (χ4n) is 2.73. The normalized spacial score (nSPS) is 16.4. The Kier molecular flexibility index (Phi) is 5.40. The van der Waals surface area contributed by atoms with E-state index in [-0.39, 0.29) is 23.7 Å².